The van der Waals surface area contributed by atoms with Crippen molar-refractivity contribution in [1.82, 2.24) is 4.90 Å². The molecule has 0 aliphatic carbocycles. The highest BCUT2D eigenvalue weighted by molar-refractivity contribution is 5.44. The maximum Gasteiger partial charge on any atom is 0.161 e. The van der Waals surface area contributed by atoms with E-state index < -0.39 is 0 Å². The molecule has 0 aromatic heterocycles. The van der Waals surface area contributed by atoms with Crippen LogP contribution in [0.15, 0.2) is 18.2 Å². The zero-order chi connectivity index (χ0) is 13.5. The SMILES string of the molecule is CCOc1ccc(C(C#N)N(C)C)cc1OCC. The number of nitriles is 1. The Morgan fingerprint density at radius 1 is 1.17 bits per heavy atom. The van der Waals surface area contributed by atoms with Crippen molar-refractivity contribution in [2.24, 2.45) is 0 Å². The molecule has 0 saturated carbocycles. The van der Waals surface area contributed by atoms with E-state index in [4.69, 9.17) is 9.47 Å². The average molecular weight is 248 g/mol. The molecule has 0 heterocycles. The van der Waals surface area contributed by atoms with Crippen LogP contribution in [0.4, 0.5) is 0 Å². The first-order chi connectivity index (χ1) is 8.63. The van der Waals surface area contributed by atoms with E-state index in [0.29, 0.717) is 19.0 Å². The molecule has 0 aliphatic heterocycles. The van der Waals surface area contributed by atoms with Gasteiger partial charge < -0.3 is 9.47 Å². The Labute approximate surface area is 109 Å². The maximum atomic E-state index is 9.18. The molecule has 1 unspecified atom stereocenters. The molecule has 0 radical (unpaired) electrons. The predicted octanol–water partition coefficient (Wildman–Crippen LogP) is 2.61. The first-order valence-electron chi connectivity index (χ1n) is 6.09. The van der Waals surface area contributed by atoms with Gasteiger partial charge in [-0.15, -0.1) is 0 Å². The molecule has 1 aromatic carbocycles. The normalized spacial score (nSPS) is 12.0. The number of nitrogens with zero attached hydrogens (tertiary/aromatic N) is 2. The predicted molar refractivity (Wildman–Crippen MR) is 70.8 cm³/mol. The minimum atomic E-state index is -0.278. The van der Waals surface area contributed by atoms with Crippen LogP contribution >= 0.6 is 0 Å². The van der Waals surface area contributed by atoms with Gasteiger partial charge in [0.25, 0.3) is 0 Å². The zero-order valence-corrected chi connectivity index (χ0v) is 11.4. The van der Waals surface area contributed by atoms with Crippen LogP contribution in [0.5, 0.6) is 11.5 Å². The molecule has 4 heteroatoms. The monoisotopic (exact) mass is 248 g/mol. The number of hydrogen-bond acceptors (Lipinski definition) is 4. The molecule has 18 heavy (non-hydrogen) atoms. The fourth-order valence-electron chi connectivity index (χ4n) is 1.73. The Morgan fingerprint density at radius 2 is 1.78 bits per heavy atom. The molecule has 1 rings (SSSR count). The van der Waals surface area contributed by atoms with E-state index in [-0.39, 0.29) is 6.04 Å². The van der Waals surface area contributed by atoms with E-state index >= 15 is 0 Å². The Balaban J connectivity index is 3.09. The van der Waals surface area contributed by atoms with Gasteiger partial charge in [0.2, 0.25) is 0 Å². The van der Waals surface area contributed by atoms with E-state index in [0.717, 1.165) is 11.3 Å². The molecule has 0 spiro atoms. The van der Waals surface area contributed by atoms with Crippen molar-refractivity contribution in [3.8, 4) is 17.6 Å². The van der Waals surface area contributed by atoms with Crippen LogP contribution in [-0.2, 0) is 0 Å². The van der Waals surface area contributed by atoms with Crippen LogP contribution in [0.3, 0.4) is 0 Å². The van der Waals surface area contributed by atoms with E-state index in [1.165, 1.54) is 0 Å². The van der Waals surface area contributed by atoms with E-state index in [9.17, 15) is 5.26 Å². The second kappa shape index (κ2) is 6.87. The lowest BCUT2D eigenvalue weighted by Crippen LogP contribution is -2.18. The summed E-state index contributed by atoms with van der Waals surface area (Å²) in [4.78, 5) is 1.87. The van der Waals surface area contributed by atoms with Gasteiger partial charge in [-0.25, -0.2) is 0 Å². The van der Waals surface area contributed by atoms with Crippen LogP contribution in [-0.4, -0.2) is 32.2 Å². The van der Waals surface area contributed by atoms with Crippen molar-refractivity contribution in [1.29, 1.82) is 5.26 Å². The fourth-order valence-corrected chi connectivity index (χ4v) is 1.73. The molecular formula is C14H20N2O2. The number of ether oxygens (including phenoxy) is 2. The standard InChI is InChI=1S/C14H20N2O2/c1-5-17-13-8-7-11(9-14(13)18-6-2)12(10-15)16(3)4/h7-9,12H,5-6H2,1-4H3. The lowest BCUT2D eigenvalue weighted by molar-refractivity contribution is 0.286. The third-order valence-electron chi connectivity index (χ3n) is 2.52. The Bertz CT molecular complexity index is 424. The highest BCUT2D eigenvalue weighted by Gasteiger charge is 2.15. The zero-order valence-electron chi connectivity index (χ0n) is 11.4. The Kier molecular flexibility index (Phi) is 5.47. The lowest BCUT2D eigenvalue weighted by Gasteiger charge is -2.19. The van der Waals surface area contributed by atoms with Gasteiger partial charge in [-0.2, -0.15) is 5.26 Å². The minimum Gasteiger partial charge on any atom is -0.490 e. The van der Waals surface area contributed by atoms with Gasteiger partial charge in [-0.3, -0.25) is 4.90 Å². The molecular weight excluding hydrogens is 228 g/mol. The summed E-state index contributed by atoms with van der Waals surface area (Å²) >= 11 is 0. The molecule has 0 N–H and O–H groups in total. The van der Waals surface area contributed by atoms with Crippen molar-refractivity contribution >= 4 is 0 Å². The van der Waals surface area contributed by atoms with Crippen molar-refractivity contribution in [2.75, 3.05) is 27.3 Å². The smallest absolute Gasteiger partial charge is 0.161 e. The first kappa shape index (κ1) is 14.3. The summed E-state index contributed by atoms with van der Waals surface area (Å²) in [7, 11) is 3.76. The average Bonchev–Trinajstić information content (AvgIpc) is 2.33. The third-order valence-corrected chi connectivity index (χ3v) is 2.52. The van der Waals surface area contributed by atoms with E-state index in [1.807, 2.05) is 51.0 Å². The summed E-state index contributed by atoms with van der Waals surface area (Å²) in [6, 6.07) is 7.63. The molecule has 0 fully saturated rings. The Morgan fingerprint density at radius 3 is 2.28 bits per heavy atom. The molecule has 98 valence electrons. The topological polar surface area (TPSA) is 45.5 Å². The largest absolute Gasteiger partial charge is 0.490 e. The number of hydrogen-bond donors (Lipinski definition) is 0. The molecule has 0 saturated heterocycles. The van der Waals surface area contributed by atoms with Gasteiger partial charge in [-0.1, -0.05) is 6.07 Å². The summed E-state index contributed by atoms with van der Waals surface area (Å²) in [6.45, 7) is 5.02. The van der Waals surface area contributed by atoms with Gasteiger partial charge in [0.15, 0.2) is 11.5 Å². The maximum absolute atomic E-state index is 9.18. The van der Waals surface area contributed by atoms with E-state index in [2.05, 4.69) is 6.07 Å². The second-order valence-corrected chi connectivity index (χ2v) is 4.07. The van der Waals surface area contributed by atoms with E-state index in [1.54, 1.807) is 0 Å². The first-order valence-corrected chi connectivity index (χ1v) is 6.09. The molecule has 1 atom stereocenters. The third kappa shape index (κ3) is 3.38. The van der Waals surface area contributed by atoms with Gasteiger partial charge in [0, 0.05) is 0 Å². The second-order valence-electron chi connectivity index (χ2n) is 4.07. The summed E-state index contributed by atoms with van der Waals surface area (Å²) in [5.74, 6) is 1.41. The van der Waals surface area contributed by atoms with Crippen LogP contribution in [0, 0.1) is 11.3 Å². The van der Waals surface area contributed by atoms with Crippen LogP contribution in [0.1, 0.15) is 25.5 Å². The van der Waals surface area contributed by atoms with Crippen molar-refractivity contribution in [3.63, 3.8) is 0 Å². The van der Waals surface area contributed by atoms with Gasteiger partial charge >= 0.3 is 0 Å². The summed E-state index contributed by atoms with van der Waals surface area (Å²) in [5.41, 5.74) is 0.911. The highest BCUT2D eigenvalue weighted by atomic mass is 16.5. The van der Waals surface area contributed by atoms with Gasteiger partial charge in [0.05, 0.1) is 19.3 Å². The highest BCUT2D eigenvalue weighted by Crippen LogP contribution is 2.31. The van der Waals surface area contributed by atoms with Crippen molar-refractivity contribution in [2.45, 2.75) is 19.9 Å². The van der Waals surface area contributed by atoms with Crippen LogP contribution in [0.25, 0.3) is 0 Å². The Hall–Kier alpha value is -1.73. The molecule has 0 amide bonds. The van der Waals surface area contributed by atoms with Crippen molar-refractivity contribution < 1.29 is 9.47 Å². The summed E-state index contributed by atoms with van der Waals surface area (Å²) < 4.78 is 11.0. The number of rotatable bonds is 6. The summed E-state index contributed by atoms with van der Waals surface area (Å²) in [5, 5.41) is 9.18. The molecule has 0 aliphatic rings. The van der Waals surface area contributed by atoms with Crippen molar-refractivity contribution in [3.05, 3.63) is 23.8 Å². The molecule has 4 nitrogen and oxygen atoms in total. The van der Waals surface area contributed by atoms with Crippen LogP contribution < -0.4 is 9.47 Å². The minimum absolute atomic E-state index is 0.278. The molecule has 1 aromatic rings. The molecule has 0 bridgehead atoms. The fraction of sp³-hybridized carbons (Fsp3) is 0.500. The van der Waals surface area contributed by atoms with Gasteiger partial charge in [0.1, 0.15) is 6.04 Å². The quantitative estimate of drug-likeness (QED) is 0.776. The number of benzene rings is 1. The summed E-state index contributed by atoms with van der Waals surface area (Å²) in [6.07, 6.45) is 0. The lowest BCUT2D eigenvalue weighted by atomic mass is 10.1. The van der Waals surface area contributed by atoms with Crippen LogP contribution in [0.2, 0.25) is 0 Å². The van der Waals surface area contributed by atoms with Gasteiger partial charge in [-0.05, 0) is 45.6 Å².